The van der Waals surface area contributed by atoms with Crippen LogP contribution in [-0.4, -0.2) is 23.2 Å². The molecule has 0 spiro atoms. The van der Waals surface area contributed by atoms with Crippen molar-refractivity contribution in [1.82, 2.24) is 14.8 Å². The molecule has 0 unspecified atom stereocenters. The third-order valence-electron chi connectivity index (χ3n) is 1.99. The lowest BCUT2D eigenvalue weighted by atomic mass is 10.4. The summed E-state index contributed by atoms with van der Waals surface area (Å²) in [7, 11) is 1.42. The highest BCUT2D eigenvalue weighted by molar-refractivity contribution is 8.13. The predicted molar refractivity (Wildman–Crippen MR) is 62.0 cm³/mol. The number of halogens is 1. The van der Waals surface area contributed by atoms with Gasteiger partial charge in [0.15, 0.2) is 5.82 Å². The molecular weight excluding hydrogens is 270 g/mol. The zero-order valence-corrected chi connectivity index (χ0v) is 10.7. The van der Waals surface area contributed by atoms with E-state index in [9.17, 15) is 8.42 Å². The number of hydrogen-bond acceptors (Lipinski definition) is 5. The summed E-state index contributed by atoms with van der Waals surface area (Å²) < 4.78 is 24.0. The van der Waals surface area contributed by atoms with Crippen LogP contribution in [0.4, 0.5) is 0 Å². The molecule has 0 amide bonds. The van der Waals surface area contributed by atoms with Crippen LogP contribution in [0.15, 0.2) is 22.7 Å². The van der Waals surface area contributed by atoms with Gasteiger partial charge in [0.25, 0.3) is 14.2 Å². The Hall–Kier alpha value is -0.920. The maximum atomic E-state index is 11.2. The molecule has 0 N–H and O–H groups in total. The van der Waals surface area contributed by atoms with Crippen LogP contribution in [0.2, 0.25) is 0 Å². The first-order chi connectivity index (χ1) is 7.54. The molecule has 2 rings (SSSR count). The Morgan fingerprint density at radius 1 is 1.50 bits per heavy atom. The van der Waals surface area contributed by atoms with Gasteiger partial charge in [0, 0.05) is 17.2 Å². The van der Waals surface area contributed by atoms with Crippen molar-refractivity contribution in [2.45, 2.75) is 18.6 Å². The molecule has 2 aromatic rings. The summed E-state index contributed by atoms with van der Waals surface area (Å²) >= 11 is 1.47. The van der Waals surface area contributed by atoms with Crippen LogP contribution >= 0.6 is 22.0 Å². The Morgan fingerprint density at radius 2 is 2.25 bits per heavy atom. The fourth-order valence-electron chi connectivity index (χ4n) is 1.34. The largest absolute Gasteiger partial charge is 0.296 e. The first-order valence-corrected chi connectivity index (χ1v) is 7.64. The predicted octanol–water partition coefficient (Wildman–Crippen LogP) is 1.95. The maximum absolute atomic E-state index is 11.2. The van der Waals surface area contributed by atoms with Gasteiger partial charge in [-0.25, -0.2) is 8.42 Å². The van der Waals surface area contributed by atoms with E-state index in [1.54, 1.807) is 0 Å². The van der Waals surface area contributed by atoms with Crippen LogP contribution in [0.5, 0.6) is 0 Å². The van der Waals surface area contributed by atoms with E-state index >= 15 is 0 Å². The summed E-state index contributed by atoms with van der Waals surface area (Å²) in [5.41, 5.74) is 0. The van der Waals surface area contributed by atoms with Gasteiger partial charge in [0.2, 0.25) is 0 Å². The van der Waals surface area contributed by atoms with E-state index in [1.165, 1.54) is 15.9 Å². The minimum atomic E-state index is -3.85. The number of hydrogen-bond donors (Lipinski definition) is 0. The van der Waals surface area contributed by atoms with Crippen LogP contribution in [0.1, 0.15) is 6.92 Å². The van der Waals surface area contributed by atoms with Gasteiger partial charge in [0.05, 0.1) is 4.88 Å². The third-order valence-corrected chi connectivity index (χ3v) is 4.01. The first-order valence-electron chi connectivity index (χ1n) is 4.45. The molecule has 0 atom stereocenters. The van der Waals surface area contributed by atoms with Gasteiger partial charge < -0.3 is 0 Å². The van der Waals surface area contributed by atoms with E-state index in [-0.39, 0.29) is 5.16 Å². The lowest BCUT2D eigenvalue weighted by Crippen LogP contribution is -2.05. The first kappa shape index (κ1) is 11.6. The number of thiophene rings is 1. The fourth-order valence-corrected chi connectivity index (χ4v) is 3.02. The topological polar surface area (TPSA) is 64.8 Å². The van der Waals surface area contributed by atoms with E-state index in [4.69, 9.17) is 10.7 Å². The molecule has 0 radical (unpaired) electrons. The molecule has 0 bridgehead atoms. The molecule has 0 saturated carbocycles. The Balaban J connectivity index is 2.63. The molecule has 8 heteroatoms. The molecule has 0 aliphatic carbocycles. The van der Waals surface area contributed by atoms with Crippen molar-refractivity contribution < 1.29 is 8.42 Å². The second-order valence-electron chi connectivity index (χ2n) is 2.97. The van der Waals surface area contributed by atoms with Crippen molar-refractivity contribution in [3.8, 4) is 10.7 Å². The van der Waals surface area contributed by atoms with Crippen LogP contribution in [0.3, 0.4) is 0 Å². The molecule has 0 fully saturated rings. The smallest absolute Gasteiger partial charge is 0.296 e. The molecule has 2 aromatic heterocycles. The average molecular weight is 278 g/mol. The minimum Gasteiger partial charge on any atom is -0.296 e. The van der Waals surface area contributed by atoms with Crippen molar-refractivity contribution in [3.05, 3.63) is 17.5 Å². The summed E-state index contributed by atoms with van der Waals surface area (Å²) in [5.74, 6) is 0.525. The Morgan fingerprint density at radius 3 is 2.75 bits per heavy atom. The molecule has 5 nitrogen and oxygen atoms in total. The molecule has 2 heterocycles. The van der Waals surface area contributed by atoms with Gasteiger partial charge in [-0.1, -0.05) is 6.07 Å². The lowest BCUT2D eigenvalue weighted by molar-refractivity contribution is 0.583. The Labute approximate surface area is 101 Å². The van der Waals surface area contributed by atoms with E-state index in [0.29, 0.717) is 12.4 Å². The highest BCUT2D eigenvalue weighted by Crippen LogP contribution is 2.25. The highest BCUT2D eigenvalue weighted by atomic mass is 35.7. The second kappa shape index (κ2) is 4.15. The summed E-state index contributed by atoms with van der Waals surface area (Å²) in [6.45, 7) is 2.26. The Kier molecular flexibility index (Phi) is 3.00. The minimum absolute atomic E-state index is 0.208. The zero-order chi connectivity index (χ0) is 11.8. The maximum Gasteiger partial charge on any atom is 0.296 e. The van der Waals surface area contributed by atoms with Gasteiger partial charge >= 0.3 is 0 Å². The summed E-state index contributed by atoms with van der Waals surface area (Å²) in [5, 5.41) is 9.15. The van der Waals surface area contributed by atoms with Crippen LogP contribution < -0.4 is 0 Å². The molecule has 0 aliphatic rings. The van der Waals surface area contributed by atoms with Crippen molar-refractivity contribution in [2.24, 2.45) is 0 Å². The van der Waals surface area contributed by atoms with Crippen molar-refractivity contribution in [3.63, 3.8) is 0 Å². The van der Waals surface area contributed by atoms with Gasteiger partial charge in [-0.15, -0.1) is 21.5 Å². The normalized spacial score (nSPS) is 11.9. The average Bonchev–Trinajstić information content (AvgIpc) is 2.84. The Bertz CT molecular complexity index is 589. The monoisotopic (exact) mass is 277 g/mol. The standard InChI is InChI=1S/C8H8ClN3O2S2/c1-2-12-7(6-4-3-5-15-6)10-11-8(12)16(9,13)14/h3-5H,2H2,1H3. The molecular formula is C8H8ClN3O2S2. The van der Waals surface area contributed by atoms with Crippen molar-refractivity contribution >= 4 is 31.1 Å². The van der Waals surface area contributed by atoms with E-state index in [0.717, 1.165) is 4.88 Å². The number of aromatic nitrogens is 3. The van der Waals surface area contributed by atoms with Crippen LogP contribution in [0.25, 0.3) is 10.7 Å². The van der Waals surface area contributed by atoms with Gasteiger partial charge in [-0.05, 0) is 18.4 Å². The fraction of sp³-hybridized carbons (Fsp3) is 0.250. The van der Waals surface area contributed by atoms with Crippen LogP contribution in [0, 0.1) is 0 Å². The van der Waals surface area contributed by atoms with Crippen molar-refractivity contribution in [2.75, 3.05) is 0 Å². The third kappa shape index (κ3) is 1.98. The molecule has 0 aromatic carbocycles. The SMILES string of the molecule is CCn1c(-c2cccs2)nnc1S(=O)(=O)Cl. The molecule has 86 valence electrons. The van der Waals surface area contributed by atoms with Crippen LogP contribution in [-0.2, 0) is 15.6 Å². The zero-order valence-electron chi connectivity index (χ0n) is 8.29. The van der Waals surface area contributed by atoms with E-state index in [1.807, 2.05) is 24.4 Å². The van der Waals surface area contributed by atoms with Gasteiger partial charge in [0.1, 0.15) is 0 Å². The van der Waals surface area contributed by atoms with Crippen molar-refractivity contribution in [1.29, 1.82) is 0 Å². The lowest BCUT2D eigenvalue weighted by Gasteiger charge is -2.03. The summed E-state index contributed by atoms with van der Waals surface area (Å²) in [6.07, 6.45) is 0. The number of nitrogens with zero attached hydrogens (tertiary/aromatic N) is 3. The molecule has 0 aliphatic heterocycles. The van der Waals surface area contributed by atoms with E-state index < -0.39 is 9.05 Å². The quantitative estimate of drug-likeness (QED) is 0.805. The molecule has 0 saturated heterocycles. The molecule has 16 heavy (non-hydrogen) atoms. The second-order valence-corrected chi connectivity index (χ2v) is 6.37. The highest BCUT2D eigenvalue weighted by Gasteiger charge is 2.22. The van der Waals surface area contributed by atoms with Gasteiger partial charge in [-0.3, -0.25) is 4.57 Å². The summed E-state index contributed by atoms with van der Waals surface area (Å²) in [6, 6.07) is 3.72. The summed E-state index contributed by atoms with van der Waals surface area (Å²) in [4.78, 5) is 0.862. The van der Waals surface area contributed by atoms with E-state index in [2.05, 4.69) is 10.2 Å². The number of rotatable bonds is 3. The van der Waals surface area contributed by atoms with Gasteiger partial charge in [-0.2, -0.15) is 0 Å².